The van der Waals surface area contributed by atoms with Crippen molar-refractivity contribution in [3.8, 4) is 5.75 Å². The lowest BCUT2D eigenvalue weighted by atomic mass is 9.92. The van der Waals surface area contributed by atoms with Crippen molar-refractivity contribution < 1.29 is 9.53 Å². The van der Waals surface area contributed by atoms with Crippen molar-refractivity contribution in [1.29, 1.82) is 0 Å². The first-order chi connectivity index (χ1) is 10.0. The Hall–Kier alpha value is -1.26. The number of amides is 1. The highest BCUT2D eigenvalue weighted by atomic mass is 35.5. The summed E-state index contributed by atoms with van der Waals surface area (Å²) in [6, 6.07) is 5.58. The van der Waals surface area contributed by atoms with Crippen LogP contribution in [0.25, 0.3) is 0 Å². The fraction of sp³-hybridized carbons (Fsp3) is 0.562. The molecule has 2 N–H and O–H groups in total. The SMILES string of the molecule is Cc1c(Cl)cccc1OCC(=O)N1CCC(C)CC1CN. The fourth-order valence-electron chi connectivity index (χ4n) is 2.77. The van der Waals surface area contributed by atoms with Gasteiger partial charge in [0.2, 0.25) is 0 Å². The van der Waals surface area contributed by atoms with E-state index in [2.05, 4.69) is 6.92 Å². The molecule has 2 atom stereocenters. The van der Waals surface area contributed by atoms with E-state index in [0.717, 1.165) is 24.9 Å². The zero-order chi connectivity index (χ0) is 15.4. The van der Waals surface area contributed by atoms with Crippen molar-refractivity contribution in [1.82, 2.24) is 4.90 Å². The standard InChI is InChI=1S/C16H23ClN2O2/c1-11-6-7-19(13(8-11)9-18)16(20)10-21-15-5-3-4-14(17)12(15)2/h3-5,11,13H,6-10,18H2,1-2H3. The summed E-state index contributed by atoms with van der Waals surface area (Å²) in [5.74, 6) is 1.28. The molecule has 1 heterocycles. The minimum absolute atomic E-state index is 0.00303. The molecule has 21 heavy (non-hydrogen) atoms. The number of benzene rings is 1. The third-order valence-electron chi connectivity index (χ3n) is 4.14. The van der Waals surface area contributed by atoms with E-state index >= 15 is 0 Å². The number of hydrogen-bond donors (Lipinski definition) is 1. The molecule has 1 aliphatic heterocycles. The average molecular weight is 311 g/mol. The van der Waals surface area contributed by atoms with Gasteiger partial charge in [-0.05, 0) is 37.8 Å². The molecule has 1 aliphatic rings. The van der Waals surface area contributed by atoms with Crippen molar-refractivity contribution in [3.05, 3.63) is 28.8 Å². The summed E-state index contributed by atoms with van der Waals surface area (Å²) < 4.78 is 5.64. The Morgan fingerprint density at radius 3 is 3.00 bits per heavy atom. The smallest absolute Gasteiger partial charge is 0.260 e. The van der Waals surface area contributed by atoms with Gasteiger partial charge in [-0.2, -0.15) is 0 Å². The van der Waals surface area contributed by atoms with E-state index in [4.69, 9.17) is 22.1 Å². The number of nitrogens with two attached hydrogens (primary N) is 1. The highest BCUT2D eigenvalue weighted by molar-refractivity contribution is 6.31. The zero-order valence-electron chi connectivity index (χ0n) is 12.6. The molecule has 0 spiro atoms. The lowest BCUT2D eigenvalue weighted by Gasteiger charge is -2.37. The first-order valence-corrected chi connectivity index (χ1v) is 7.78. The molecule has 0 bridgehead atoms. The Balaban J connectivity index is 1.96. The molecule has 116 valence electrons. The fourth-order valence-corrected chi connectivity index (χ4v) is 2.94. The highest BCUT2D eigenvalue weighted by Crippen LogP contribution is 2.26. The largest absolute Gasteiger partial charge is 0.483 e. The lowest BCUT2D eigenvalue weighted by Crippen LogP contribution is -2.50. The molecule has 5 heteroatoms. The van der Waals surface area contributed by atoms with Crippen molar-refractivity contribution in [3.63, 3.8) is 0 Å². The van der Waals surface area contributed by atoms with Crippen LogP contribution in [0.2, 0.25) is 5.02 Å². The van der Waals surface area contributed by atoms with Gasteiger partial charge in [0.15, 0.2) is 6.61 Å². The predicted octanol–water partition coefficient (Wildman–Crippen LogP) is 2.61. The van der Waals surface area contributed by atoms with Gasteiger partial charge in [-0.3, -0.25) is 4.79 Å². The van der Waals surface area contributed by atoms with Crippen molar-refractivity contribution in [2.45, 2.75) is 32.7 Å². The summed E-state index contributed by atoms with van der Waals surface area (Å²) in [5, 5.41) is 0.645. The highest BCUT2D eigenvalue weighted by Gasteiger charge is 2.29. The van der Waals surface area contributed by atoms with Gasteiger partial charge in [0, 0.05) is 29.7 Å². The number of piperidine rings is 1. The summed E-state index contributed by atoms with van der Waals surface area (Å²) in [7, 11) is 0. The maximum atomic E-state index is 12.4. The van der Waals surface area contributed by atoms with E-state index in [-0.39, 0.29) is 18.6 Å². The number of carbonyl (C=O) groups excluding carboxylic acids is 1. The Morgan fingerprint density at radius 1 is 1.52 bits per heavy atom. The van der Waals surface area contributed by atoms with Crippen molar-refractivity contribution >= 4 is 17.5 Å². The summed E-state index contributed by atoms with van der Waals surface area (Å²) in [6.07, 6.45) is 2.00. The molecule has 1 saturated heterocycles. The van der Waals surface area contributed by atoms with Gasteiger partial charge in [0.25, 0.3) is 5.91 Å². The molecule has 1 fully saturated rings. The van der Waals surface area contributed by atoms with Crippen LogP contribution in [-0.2, 0) is 4.79 Å². The zero-order valence-corrected chi connectivity index (χ0v) is 13.4. The summed E-state index contributed by atoms with van der Waals surface area (Å²) in [6.45, 7) is 5.39. The summed E-state index contributed by atoms with van der Waals surface area (Å²) in [5.41, 5.74) is 6.65. The number of halogens is 1. The van der Waals surface area contributed by atoms with Gasteiger partial charge in [0.05, 0.1) is 0 Å². The predicted molar refractivity (Wildman–Crippen MR) is 84.6 cm³/mol. The molecule has 0 aromatic heterocycles. The van der Waals surface area contributed by atoms with E-state index in [1.54, 1.807) is 0 Å². The van der Waals surface area contributed by atoms with E-state index < -0.39 is 0 Å². The monoisotopic (exact) mass is 310 g/mol. The van der Waals surface area contributed by atoms with Crippen molar-refractivity contribution in [2.75, 3.05) is 19.7 Å². The molecule has 2 rings (SSSR count). The molecule has 1 aromatic carbocycles. The third-order valence-corrected chi connectivity index (χ3v) is 4.55. The lowest BCUT2D eigenvalue weighted by molar-refractivity contribution is -0.137. The molecular weight excluding hydrogens is 288 g/mol. The quantitative estimate of drug-likeness (QED) is 0.930. The molecule has 0 radical (unpaired) electrons. The van der Waals surface area contributed by atoms with Crippen molar-refractivity contribution in [2.24, 2.45) is 11.7 Å². The van der Waals surface area contributed by atoms with E-state index in [1.165, 1.54) is 0 Å². The second-order valence-corrected chi connectivity index (χ2v) is 6.17. The van der Waals surface area contributed by atoms with Gasteiger partial charge in [0.1, 0.15) is 5.75 Å². The van der Waals surface area contributed by atoms with Gasteiger partial charge in [-0.25, -0.2) is 0 Å². The second kappa shape index (κ2) is 7.14. The van der Waals surface area contributed by atoms with Crippen LogP contribution in [0.15, 0.2) is 18.2 Å². The topological polar surface area (TPSA) is 55.6 Å². The van der Waals surface area contributed by atoms with E-state index in [9.17, 15) is 4.79 Å². The molecular formula is C16H23ClN2O2. The van der Waals surface area contributed by atoms with Crippen LogP contribution >= 0.6 is 11.6 Å². The van der Waals surface area contributed by atoms with Crippen LogP contribution in [0.5, 0.6) is 5.75 Å². The number of ether oxygens (including phenoxy) is 1. The Morgan fingerprint density at radius 2 is 2.29 bits per heavy atom. The normalized spacial score (nSPS) is 22.2. The molecule has 2 unspecified atom stereocenters. The minimum atomic E-state index is -0.00303. The average Bonchev–Trinajstić information content (AvgIpc) is 2.48. The Kier molecular flexibility index (Phi) is 5.48. The number of nitrogens with zero attached hydrogens (tertiary/aromatic N) is 1. The van der Waals surface area contributed by atoms with E-state index in [0.29, 0.717) is 23.2 Å². The molecule has 1 aromatic rings. The minimum Gasteiger partial charge on any atom is -0.483 e. The van der Waals surface area contributed by atoms with E-state index in [1.807, 2.05) is 30.0 Å². The first kappa shape index (κ1) is 16.1. The van der Waals surface area contributed by atoms with Crippen LogP contribution in [0.3, 0.4) is 0 Å². The second-order valence-electron chi connectivity index (χ2n) is 5.76. The molecule has 0 aliphatic carbocycles. The van der Waals surface area contributed by atoms with Gasteiger partial charge >= 0.3 is 0 Å². The molecule has 1 amide bonds. The van der Waals surface area contributed by atoms with Crippen LogP contribution < -0.4 is 10.5 Å². The Bertz CT molecular complexity index is 507. The maximum Gasteiger partial charge on any atom is 0.260 e. The third kappa shape index (κ3) is 3.89. The van der Waals surface area contributed by atoms with Gasteiger partial charge < -0.3 is 15.4 Å². The van der Waals surface area contributed by atoms with Crippen LogP contribution in [-0.4, -0.2) is 36.5 Å². The number of carbonyl (C=O) groups is 1. The van der Waals surface area contributed by atoms with Crippen LogP contribution in [0, 0.1) is 12.8 Å². The Labute approximate surface area is 131 Å². The van der Waals surface area contributed by atoms with Gasteiger partial charge in [-0.15, -0.1) is 0 Å². The molecule has 0 saturated carbocycles. The maximum absolute atomic E-state index is 12.4. The van der Waals surface area contributed by atoms with Gasteiger partial charge in [-0.1, -0.05) is 24.6 Å². The first-order valence-electron chi connectivity index (χ1n) is 7.40. The number of hydrogen-bond acceptors (Lipinski definition) is 3. The number of likely N-dealkylation sites (tertiary alicyclic amines) is 1. The van der Waals surface area contributed by atoms with Crippen LogP contribution in [0.4, 0.5) is 0 Å². The molecule has 4 nitrogen and oxygen atoms in total. The number of rotatable bonds is 4. The van der Waals surface area contributed by atoms with Crippen LogP contribution in [0.1, 0.15) is 25.3 Å². The summed E-state index contributed by atoms with van der Waals surface area (Å²) in [4.78, 5) is 14.2. The summed E-state index contributed by atoms with van der Waals surface area (Å²) >= 11 is 6.05.